The van der Waals surface area contributed by atoms with Gasteiger partial charge >= 0.3 is 6.09 Å². The monoisotopic (exact) mass is 377 g/mol. The summed E-state index contributed by atoms with van der Waals surface area (Å²) in [5, 5.41) is 2.93. The Morgan fingerprint density at radius 3 is 2.48 bits per heavy atom. The largest absolute Gasteiger partial charge is 0.453 e. The first kappa shape index (κ1) is 19.6. The predicted octanol–water partition coefficient (Wildman–Crippen LogP) is 2.38. The van der Waals surface area contributed by atoms with E-state index in [1.54, 1.807) is 23.1 Å². The summed E-state index contributed by atoms with van der Waals surface area (Å²) >= 11 is 0. The lowest BCUT2D eigenvalue weighted by Gasteiger charge is -2.40. The van der Waals surface area contributed by atoms with Gasteiger partial charge in [0.15, 0.2) is 0 Å². The number of amides is 2. The number of rotatable bonds is 5. The minimum absolute atomic E-state index is 0.0447. The van der Waals surface area contributed by atoms with Crippen LogP contribution < -0.4 is 5.32 Å². The van der Waals surface area contributed by atoms with Crippen molar-refractivity contribution in [1.29, 1.82) is 0 Å². The number of methoxy groups -OCH3 is 1. The Hall–Kier alpha value is -2.15. The number of carbonyl (C=O) groups is 2. The van der Waals surface area contributed by atoms with Crippen LogP contribution in [0.3, 0.4) is 0 Å². The van der Waals surface area contributed by atoms with Crippen molar-refractivity contribution in [3.05, 3.63) is 35.6 Å². The van der Waals surface area contributed by atoms with Crippen LogP contribution >= 0.6 is 0 Å². The predicted molar refractivity (Wildman–Crippen MR) is 99.5 cm³/mol. The zero-order chi connectivity index (χ0) is 19.2. The van der Waals surface area contributed by atoms with Gasteiger partial charge in [-0.15, -0.1) is 0 Å². The van der Waals surface area contributed by atoms with Crippen LogP contribution in [-0.4, -0.2) is 61.1 Å². The van der Waals surface area contributed by atoms with E-state index in [4.69, 9.17) is 4.74 Å². The third kappa shape index (κ3) is 4.77. The molecular weight excluding hydrogens is 349 g/mol. The van der Waals surface area contributed by atoms with Crippen molar-refractivity contribution < 1.29 is 18.7 Å². The highest BCUT2D eigenvalue weighted by molar-refractivity contribution is 5.82. The summed E-state index contributed by atoms with van der Waals surface area (Å²) in [5.74, 6) is -0.0334. The highest BCUT2D eigenvalue weighted by atomic mass is 19.1. The number of nitrogens with zero attached hydrogens (tertiary/aromatic N) is 2. The molecule has 0 bridgehead atoms. The normalized spacial score (nSPS) is 19.7. The quantitative estimate of drug-likeness (QED) is 0.856. The van der Waals surface area contributed by atoms with Gasteiger partial charge in [0.1, 0.15) is 5.82 Å². The Labute approximate surface area is 159 Å². The summed E-state index contributed by atoms with van der Waals surface area (Å²) < 4.78 is 18.6. The molecule has 0 radical (unpaired) electrons. The number of hydrogen-bond acceptors (Lipinski definition) is 4. The first-order valence-corrected chi connectivity index (χ1v) is 9.68. The molecule has 2 aliphatic rings. The van der Waals surface area contributed by atoms with Crippen molar-refractivity contribution in [1.82, 2.24) is 15.1 Å². The molecule has 6 nitrogen and oxygen atoms in total. The average molecular weight is 377 g/mol. The second-order valence-corrected chi connectivity index (χ2v) is 7.29. The minimum atomic E-state index is -0.323. The topological polar surface area (TPSA) is 61.9 Å². The van der Waals surface area contributed by atoms with Gasteiger partial charge in [0.25, 0.3) is 0 Å². The van der Waals surface area contributed by atoms with Gasteiger partial charge in [-0.05, 0) is 24.8 Å². The lowest BCUT2D eigenvalue weighted by atomic mass is 9.95. The standard InChI is InChI=1S/C20H28FN3O3/c1-27-20(26)24-12-10-23(11-13-24)18(15-6-2-3-7-15)19(25)22-14-16-8-4-5-9-17(16)21/h4-5,8-9,15,18H,2-3,6-7,10-14H2,1H3,(H,22,25). The van der Waals surface area contributed by atoms with Gasteiger partial charge in [-0.2, -0.15) is 0 Å². The summed E-state index contributed by atoms with van der Waals surface area (Å²) in [5.41, 5.74) is 0.492. The Morgan fingerprint density at radius 1 is 1.19 bits per heavy atom. The second kappa shape index (κ2) is 9.17. The number of hydrogen-bond donors (Lipinski definition) is 1. The summed E-state index contributed by atoms with van der Waals surface area (Å²) in [6, 6.07) is 6.28. The van der Waals surface area contributed by atoms with E-state index in [1.165, 1.54) is 13.2 Å². The van der Waals surface area contributed by atoms with Gasteiger partial charge in [0, 0.05) is 38.3 Å². The van der Waals surface area contributed by atoms with E-state index in [2.05, 4.69) is 10.2 Å². The van der Waals surface area contributed by atoms with E-state index in [0.717, 1.165) is 25.7 Å². The van der Waals surface area contributed by atoms with Crippen LogP contribution in [0.4, 0.5) is 9.18 Å². The number of carbonyl (C=O) groups excluding carboxylic acids is 2. The number of nitrogens with one attached hydrogen (secondary N) is 1. The van der Waals surface area contributed by atoms with Gasteiger partial charge in [-0.25, -0.2) is 9.18 Å². The molecule has 1 saturated heterocycles. The molecule has 7 heteroatoms. The molecule has 27 heavy (non-hydrogen) atoms. The summed E-state index contributed by atoms with van der Waals surface area (Å²) in [7, 11) is 1.38. The van der Waals surface area contributed by atoms with E-state index in [9.17, 15) is 14.0 Å². The first-order valence-electron chi connectivity index (χ1n) is 9.68. The van der Waals surface area contributed by atoms with Gasteiger partial charge in [0.05, 0.1) is 13.2 Å². The summed E-state index contributed by atoms with van der Waals surface area (Å²) in [6.45, 7) is 2.58. The molecule has 2 fully saturated rings. The van der Waals surface area contributed by atoms with Gasteiger partial charge < -0.3 is 15.0 Å². The first-order chi connectivity index (χ1) is 13.1. The van der Waals surface area contributed by atoms with Gasteiger partial charge in [0.2, 0.25) is 5.91 Å². The third-order valence-corrected chi connectivity index (χ3v) is 5.67. The van der Waals surface area contributed by atoms with Crippen LogP contribution in [0.15, 0.2) is 24.3 Å². The Kier molecular flexibility index (Phi) is 6.66. The molecule has 148 valence electrons. The van der Waals surface area contributed by atoms with Crippen LogP contribution in [0.1, 0.15) is 31.2 Å². The van der Waals surface area contributed by atoms with E-state index >= 15 is 0 Å². The fourth-order valence-corrected chi connectivity index (χ4v) is 4.19. The van der Waals surface area contributed by atoms with E-state index in [0.29, 0.717) is 37.7 Å². The lowest BCUT2D eigenvalue weighted by molar-refractivity contribution is -0.129. The van der Waals surface area contributed by atoms with Crippen molar-refractivity contribution >= 4 is 12.0 Å². The van der Waals surface area contributed by atoms with Crippen LogP contribution in [0.2, 0.25) is 0 Å². The molecule has 1 N–H and O–H groups in total. The van der Waals surface area contributed by atoms with Crippen molar-refractivity contribution in [2.45, 2.75) is 38.3 Å². The molecule has 0 spiro atoms. The van der Waals surface area contributed by atoms with Gasteiger partial charge in [-0.3, -0.25) is 9.69 Å². The van der Waals surface area contributed by atoms with Crippen LogP contribution in [0, 0.1) is 11.7 Å². The van der Waals surface area contributed by atoms with Gasteiger partial charge in [-0.1, -0.05) is 31.0 Å². The highest BCUT2D eigenvalue weighted by Crippen LogP contribution is 2.31. The molecule has 1 saturated carbocycles. The molecule has 1 atom stereocenters. The molecule has 2 amide bonds. The van der Waals surface area contributed by atoms with Crippen molar-refractivity contribution in [2.24, 2.45) is 5.92 Å². The van der Waals surface area contributed by atoms with Crippen molar-refractivity contribution in [3.63, 3.8) is 0 Å². The molecular formula is C20H28FN3O3. The highest BCUT2D eigenvalue weighted by Gasteiger charge is 2.37. The number of benzene rings is 1. The maximum Gasteiger partial charge on any atom is 0.409 e. The summed E-state index contributed by atoms with van der Waals surface area (Å²) in [6.07, 6.45) is 4.04. The fourth-order valence-electron chi connectivity index (χ4n) is 4.19. The van der Waals surface area contributed by atoms with E-state index in [-0.39, 0.29) is 30.4 Å². The minimum Gasteiger partial charge on any atom is -0.453 e. The number of halogens is 1. The SMILES string of the molecule is COC(=O)N1CCN(C(C(=O)NCc2ccccc2F)C2CCCC2)CC1. The van der Waals surface area contributed by atoms with E-state index < -0.39 is 0 Å². The lowest BCUT2D eigenvalue weighted by Crippen LogP contribution is -2.57. The molecule has 1 aromatic carbocycles. The van der Waals surface area contributed by atoms with Crippen LogP contribution in [0.5, 0.6) is 0 Å². The van der Waals surface area contributed by atoms with Crippen LogP contribution in [-0.2, 0) is 16.1 Å². The molecule has 3 rings (SSSR count). The number of piperazine rings is 1. The van der Waals surface area contributed by atoms with Crippen molar-refractivity contribution in [3.8, 4) is 0 Å². The zero-order valence-corrected chi connectivity index (χ0v) is 15.8. The molecule has 0 aromatic heterocycles. The smallest absolute Gasteiger partial charge is 0.409 e. The van der Waals surface area contributed by atoms with E-state index in [1.807, 2.05) is 0 Å². The van der Waals surface area contributed by atoms with Crippen molar-refractivity contribution in [2.75, 3.05) is 33.3 Å². The Morgan fingerprint density at radius 2 is 1.85 bits per heavy atom. The molecule has 1 aromatic rings. The maximum absolute atomic E-state index is 13.8. The molecule has 1 unspecified atom stereocenters. The fraction of sp³-hybridized carbons (Fsp3) is 0.600. The average Bonchev–Trinajstić information content (AvgIpc) is 3.21. The number of ether oxygens (including phenoxy) is 1. The Bertz CT molecular complexity index is 656. The summed E-state index contributed by atoms with van der Waals surface area (Å²) in [4.78, 5) is 28.5. The molecule has 1 aliphatic carbocycles. The second-order valence-electron chi connectivity index (χ2n) is 7.29. The maximum atomic E-state index is 13.8. The van der Waals surface area contributed by atoms with Crippen LogP contribution in [0.25, 0.3) is 0 Å². The molecule has 1 heterocycles. The zero-order valence-electron chi connectivity index (χ0n) is 15.8. The molecule has 1 aliphatic heterocycles. The Balaban J connectivity index is 1.64. The third-order valence-electron chi connectivity index (χ3n) is 5.67.